The van der Waals surface area contributed by atoms with Crippen molar-refractivity contribution in [3.8, 4) is 5.75 Å². The third kappa shape index (κ3) is 4.99. The van der Waals surface area contributed by atoms with Crippen molar-refractivity contribution in [2.24, 2.45) is 0 Å². The number of carbonyl (C=O) groups excluding carboxylic acids is 2. The molecule has 2 amide bonds. The first-order chi connectivity index (χ1) is 13.5. The van der Waals surface area contributed by atoms with E-state index >= 15 is 0 Å². The van der Waals surface area contributed by atoms with Gasteiger partial charge in [-0.15, -0.1) is 0 Å². The van der Waals surface area contributed by atoms with Gasteiger partial charge in [-0.25, -0.2) is 0 Å². The maximum absolute atomic E-state index is 12.5. The molecule has 3 rings (SSSR count). The van der Waals surface area contributed by atoms with Gasteiger partial charge in [0.15, 0.2) is 0 Å². The van der Waals surface area contributed by atoms with Crippen molar-refractivity contribution in [3.63, 3.8) is 0 Å². The van der Waals surface area contributed by atoms with Crippen LogP contribution in [-0.4, -0.2) is 18.9 Å². The Morgan fingerprint density at radius 1 is 0.750 bits per heavy atom. The Balaban J connectivity index is 1.79. The Labute approximate surface area is 179 Å². The first-order valence-corrected chi connectivity index (χ1v) is 9.87. The van der Waals surface area contributed by atoms with E-state index in [4.69, 9.17) is 4.74 Å². The molecule has 0 saturated heterocycles. The molecule has 5 nitrogen and oxygen atoms in total. The van der Waals surface area contributed by atoms with Crippen molar-refractivity contribution in [1.82, 2.24) is 0 Å². The van der Waals surface area contributed by atoms with Gasteiger partial charge < -0.3 is 15.4 Å². The molecule has 0 aliphatic rings. The number of rotatable bonds is 5. The van der Waals surface area contributed by atoms with Crippen LogP contribution in [0.3, 0.4) is 0 Å². The van der Waals surface area contributed by atoms with Crippen molar-refractivity contribution in [2.45, 2.75) is 0 Å². The lowest BCUT2D eigenvalue weighted by Crippen LogP contribution is -2.14. The average Bonchev–Trinajstić information content (AvgIpc) is 2.69. The third-order valence-corrected chi connectivity index (χ3v) is 4.98. The molecule has 0 bridgehead atoms. The van der Waals surface area contributed by atoms with Crippen LogP contribution in [0.2, 0.25) is 0 Å². The number of hydrogen-bond acceptors (Lipinski definition) is 3. The van der Waals surface area contributed by atoms with Gasteiger partial charge in [0.05, 0.1) is 12.8 Å². The van der Waals surface area contributed by atoms with Gasteiger partial charge in [0, 0.05) is 25.8 Å². The van der Waals surface area contributed by atoms with Crippen LogP contribution >= 0.6 is 31.9 Å². The summed E-state index contributed by atoms with van der Waals surface area (Å²) in [6, 6.07) is 19.1. The second kappa shape index (κ2) is 9.03. The quantitative estimate of drug-likeness (QED) is 0.467. The predicted molar refractivity (Wildman–Crippen MR) is 117 cm³/mol. The molecule has 0 spiro atoms. The Bertz CT molecular complexity index is 1000. The summed E-state index contributed by atoms with van der Waals surface area (Å²) in [5.74, 6) is -0.0304. The van der Waals surface area contributed by atoms with Gasteiger partial charge >= 0.3 is 0 Å². The topological polar surface area (TPSA) is 67.4 Å². The van der Waals surface area contributed by atoms with Gasteiger partial charge in [0.1, 0.15) is 5.75 Å². The molecule has 0 radical (unpaired) electrons. The summed E-state index contributed by atoms with van der Waals surface area (Å²) in [5, 5.41) is 5.64. The lowest BCUT2D eigenvalue weighted by Gasteiger charge is -2.13. The summed E-state index contributed by atoms with van der Waals surface area (Å²) >= 11 is 6.69. The van der Waals surface area contributed by atoms with Crippen LogP contribution < -0.4 is 15.4 Å². The molecular weight excluding hydrogens is 488 g/mol. The van der Waals surface area contributed by atoms with Gasteiger partial charge in [0.25, 0.3) is 11.8 Å². The lowest BCUT2D eigenvalue weighted by atomic mass is 10.2. The van der Waals surface area contributed by atoms with Crippen molar-refractivity contribution in [3.05, 3.63) is 86.8 Å². The number of methoxy groups -OCH3 is 1. The molecule has 0 aliphatic heterocycles. The SMILES string of the molecule is COc1ccc(NC(=O)c2ccc(Br)cc2)cc1NC(=O)c1ccc(Br)cc1. The number of carbonyl (C=O) groups is 2. The molecule has 3 aromatic carbocycles. The van der Waals surface area contributed by atoms with Crippen molar-refractivity contribution in [1.29, 1.82) is 0 Å². The van der Waals surface area contributed by atoms with Crippen LogP contribution in [0, 0.1) is 0 Å². The Morgan fingerprint density at radius 2 is 1.25 bits per heavy atom. The standard InChI is InChI=1S/C21H16Br2N2O3/c1-28-19-11-10-17(24-20(26)13-2-6-15(22)7-3-13)12-18(19)25-21(27)14-4-8-16(23)9-5-14/h2-12H,1H3,(H,24,26)(H,25,27). The number of nitrogens with one attached hydrogen (secondary N) is 2. The normalized spacial score (nSPS) is 10.2. The van der Waals surface area contributed by atoms with Crippen LogP contribution in [0.25, 0.3) is 0 Å². The molecule has 3 aromatic rings. The van der Waals surface area contributed by atoms with Crippen molar-refractivity contribution < 1.29 is 14.3 Å². The first kappa shape index (κ1) is 20.1. The minimum Gasteiger partial charge on any atom is -0.495 e. The largest absolute Gasteiger partial charge is 0.495 e. The predicted octanol–water partition coefficient (Wildman–Crippen LogP) is 5.72. The molecule has 0 heterocycles. The summed E-state index contributed by atoms with van der Waals surface area (Å²) in [7, 11) is 1.52. The Morgan fingerprint density at radius 3 is 1.75 bits per heavy atom. The van der Waals surface area contributed by atoms with Crippen LogP contribution in [0.5, 0.6) is 5.75 Å². The van der Waals surface area contributed by atoms with E-state index in [1.54, 1.807) is 66.7 Å². The monoisotopic (exact) mass is 502 g/mol. The van der Waals surface area contributed by atoms with E-state index < -0.39 is 0 Å². The molecule has 2 N–H and O–H groups in total. The second-order valence-electron chi connectivity index (χ2n) is 5.84. The molecule has 0 aliphatic carbocycles. The molecule has 28 heavy (non-hydrogen) atoms. The molecule has 0 unspecified atom stereocenters. The molecule has 0 aromatic heterocycles. The van der Waals surface area contributed by atoms with Crippen LogP contribution in [0.4, 0.5) is 11.4 Å². The summed E-state index contributed by atoms with van der Waals surface area (Å²) in [6.45, 7) is 0. The zero-order chi connectivity index (χ0) is 20.1. The maximum Gasteiger partial charge on any atom is 0.255 e. The number of anilines is 2. The number of halogens is 2. The fraction of sp³-hybridized carbons (Fsp3) is 0.0476. The molecule has 0 saturated carbocycles. The van der Waals surface area contributed by atoms with E-state index in [1.807, 2.05) is 0 Å². The van der Waals surface area contributed by atoms with Gasteiger partial charge in [-0.1, -0.05) is 31.9 Å². The highest BCUT2D eigenvalue weighted by Gasteiger charge is 2.12. The molecule has 7 heteroatoms. The van der Waals surface area contributed by atoms with E-state index in [9.17, 15) is 9.59 Å². The van der Waals surface area contributed by atoms with Gasteiger partial charge in [-0.3, -0.25) is 9.59 Å². The minimum atomic E-state index is -0.276. The number of ether oxygens (including phenoxy) is 1. The van der Waals surface area contributed by atoms with E-state index in [0.29, 0.717) is 28.3 Å². The third-order valence-electron chi connectivity index (χ3n) is 3.92. The first-order valence-electron chi connectivity index (χ1n) is 8.28. The van der Waals surface area contributed by atoms with E-state index in [-0.39, 0.29) is 11.8 Å². The fourth-order valence-corrected chi connectivity index (χ4v) is 3.01. The fourth-order valence-electron chi connectivity index (χ4n) is 2.48. The van der Waals surface area contributed by atoms with Crippen molar-refractivity contribution >= 4 is 55.0 Å². The minimum absolute atomic E-state index is 0.247. The maximum atomic E-state index is 12.5. The highest BCUT2D eigenvalue weighted by atomic mass is 79.9. The smallest absolute Gasteiger partial charge is 0.255 e. The molecule has 0 atom stereocenters. The molecule has 0 fully saturated rings. The lowest BCUT2D eigenvalue weighted by molar-refractivity contribution is 0.101. The molecular formula is C21H16Br2N2O3. The zero-order valence-corrected chi connectivity index (χ0v) is 18.0. The zero-order valence-electron chi connectivity index (χ0n) is 14.8. The van der Waals surface area contributed by atoms with Gasteiger partial charge in [-0.05, 0) is 66.7 Å². The van der Waals surface area contributed by atoms with E-state index in [2.05, 4.69) is 42.5 Å². The highest BCUT2D eigenvalue weighted by Crippen LogP contribution is 2.29. The van der Waals surface area contributed by atoms with Crippen molar-refractivity contribution in [2.75, 3.05) is 17.7 Å². The number of hydrogen-bond donors (Lipinski definition) is 2. The Hall–Kier alpha value is -2.64. The van der Waals surface area contributed by atoms with Crippen LogP contribution in [0.15, 0.2) is 75.7 Å². The number of amides is 2. The second-order valence-corrected chi connectivity index (χ2v) is 7.67. The summed E-state index contributed by atoms with van der Waals surface area (Å²) < 4.78 is 7.10. The Kier molecular flexibility index (Phi) is 6.49. The van der Waals surface area contributed by atoms with Gasteiger partial charge in [-0.2, -0.15) is 0 Å². The van der Waals surface area contributed by atoms with Crippen LogP contribution in [-0.2, 0) is 0 Å². The molecule has 142 valence electrons. The number of benzene rings is 3. The van der Waals surface area contributed by atoms with E-state index in [0.717, 1.165) is 8.95 Å². The van der Waals surface area contributed by atoms with Gasteiger partial charge in [0.2, 0.25) is 0 Å². The summed E-state index contributed by atoms with van der Waals surface area (Å²) in [5.41, 5.74) is 2.04. The van der Waals surface area contributed by atoms with Crippen LogP contribution in [0.1, 0.15) is 20.7 Å². The summed E-state index contributed by atoms with van der Waals surface area (Å²) in [4.78, 5) is 24.9. The summed E-state index contributed by atoms with van der Waals surface area (Å²) in [6.07, 6.45) is 0. The highest BCUT2D eigenvalue weighted by molar-refractivity contribution is 9.10. The van der Waals surface area contributed by atoms with E-state index in [1.165, 1.54) is 7.11 Å². The average molecular weight is 504 g/mol.